The quantitative estimate of drug-likeness (QED) is 0.742. The van der Waals surface area contributed by atoms with Gasteiger partial charge in [0.1, 0.15) is 0 Å². The normalized spacial score (nSPS) is 10.8. The van der Waals surface area contributed by atoms with E-state index in [9.17, 15) is 0 Å². The van der Waals surface area contributed by atoms with Crippen LogP contribution < -0.4 is 4.90 Å². The van der Waals surface area contributed by atoms with Crippen LogP contribution in [0, 0.1) is 0 Å². The lowest BCUT2D eigenvalue weighted by atomic mass is 10.0. The minimum Gasteiger partial charge on any atom is -0.377 e. The molecule has 1 rings (SSSR count). The summed E-state index contributed by atoms with van der Waals surface area (Å²) in [5, 5.41) is 18.2. The fourth-order valence-corrected chi connectivity index (χ4v) is 1.67. The molecule has 0 unspecified atom stereocenters. The van der Waals surface area contributed by atoms with Crippen molar-refractivity contribution in [3.05, 3.63) is 29.3 Å². The van der Waals surface area contributed by atoms with E-state index in [1.54, 1.807) is 6.07 Å². The molecule has 0 aliphatic carbocycles. The lowest BCUT2D eigenvalue weighted by Gasteiger charge is -2.18. The van der Waals surface area contributed by atoms with Crippen molar-refractivity contribution >= 4 is 5.69 Å². The molecule has 0 spiro atoms. The van der Waals surface area contributed by atoms with Gasteiger partial charge in [-0.05, 0) is 24.1 Å². The van der Waals surface area contributed by atoms with Gasteiger partial charge in [-0.1, -0.05) is 19.4 Å². The molecule has 1 aromatic rings. The Kier molecular flexibility index (Phi) is 4.12. The first-order chi connectivity index (χ1) is 7.06. The number of benzene rings is 1. The van der Waals surface area contributed by atoms with Crippen LogP contribution in [0.4, 0.5) is 5.69 Å². The number of anilines is 1. The van der Waals surface area contributed by atoms with Crippen molar-refractivity contribution in [3.8, 4) is 0 Å². The van der Waals surface area contributed by atoms with Gasteiger partial charge in [-0.2, -0.15) is 0 Å². The molecule has 1 aromatic carbocycles. The van der Waals surface area contributed by atoms with Crippen molar-refractivity contribution in [3.63, 3.8) is 0 Å². The number of rotatable bonds is 4. The van der Waals surface area contributed by atoms with Crippen LogP contribution in [0.25, 0.3) is 0 Å². The lowest BCUT2D eigenvalue weighted by Crippen LogP contribution is -2.12. The molecule has 0 atom stereocenters. The Morgan fingerprint density at radius 3 is 2.40 bits per heavy atom. The molecule has 0 amide bonds. The van der Waals surface area contributed by atoms with Gasteiger partial charge in [0.25, 0.3) is 0 Å². The molecule has 0 saturated heterocycles. The molecule has 3 heteroatoms. The molecule has 0 heterocycles. The van der Waals surface area contributed by atoms with Crippen LogP contribution in [0.5, 0.6) is 0 Å². The van der Waals surface area contributed by atoms with E-state index in [0.717, 1.165) is 24.1 Å². The second-order valence-electron chi connectivity index (χ2n) is 3.91. The molecule has 2 N–H and O–H groups in total. The minimum absolute atomic E-state index is 0.559. The van der Waals surface area contributed by atoms with Crippen LogP contribution in [0.3, 0.4) is 0 Å². The predicted octanol–water partition coefficient (Wildman–Crippen LogP) is 1.69. The van der Waals surface area contributed by atoms with Crippen LogP contribution in [-0.4, -0.2) is 24.3 Å². The summed E-state index contributed by atoms with van der Waals surface area (Å²) < 4.78 is 0. The number of hydrogen-bond donors (Lipinski definition) is 2. The summed E-state index contributed by atoms with van der Waals surface area (Å²) in [5.74, 6) is 0. The summed E-state index contributed by atoms with van der Waals surface area (Å²) in [6.45, 7) is 2.11. The summed E-state index contributed by atoms with van der Waals surface area (Å²) in [5.41, 5.74) is 2.86. The highest BCUT2D eigenvalue weighted by molar-refractivity contribution is 5.54. The maximum absolute atomic E-state index is 9.09. The van der Waals surface area contributed by atoms with E-state index in [1.807, 2.05) is 31.1 Å². The van der Waals surface area contributed by atoms with Gasteiger partial charge in [0, 0.05) is 25.3 Å². The molecular weight excluding hydrogens is 190 g/mol. The van der Waals surface area contributed by atoms with Gasteiger partial charge >= 0.3 is 0 Å². The number of aliphatic hydroxyl groups excluding tert-OH is 1. The van der Waals surface area contributed by atoms with Crippen molar-refractivity contribution < 1.29 is 10.2 Å². The third-order valence-electron chi connectivity index (χ3n) is 2.40. The maximum Gasteiger partial charge on any atom is 0.178 e. The Hall–Kier alpha value is -1.06. The Morgan fingerprint density at radius 2 is 1.93 bits per heavy atom. The Balaban J connectivity index is 3.08. The van der Waals surface area contributed by atoms with Crippen LogP contribution in [0.2, 0.25) is 0 Å². The molecule has 0 bridgehead atoms. The van der Waals surface area contributed by atoms with Gasteiger partial charge in [0.2, 0.25) is 0 Å². The van der Waals surface area contributed by atoms with Crippen LogP contribution >= 0.6 is 0 Å². The predicted molar refractivity (Wildman–Crippen MR) is 61.9 cm³/mol. The molecule has 15 heavy (non-hydrogen) atoms. The third-order valence-corrected chi connectivity index (χ3v) is 2.40. The molecule has 0 fully saturated rings. The second kappa shape index (κ2) is 5.14. The first kappa shape index (κ1) is 12.0. The smallest absolute Gasteiger partial charge is 0.178 e. The van der Waals surface area contributed by atoms with Crippen molar-refractivity contribution in [2.24, 2.45) is 0 Å². The zero-order chi connectivity index (χ0) is 11.4. The largest absolute Gasteiger partial charge is 0.377 e. The van der Waals surface area contributed by atoms with E-state index in [4.69, 9.17) is 10.2 Å². The lowest BCUT2D eigenvalue weighted by molar-refractivity contribution is -0.0425. The molecule has 3 nitrogen and oxygen atoms in total. The SMILES string of the molecule is CCCc1cc(C(O)O)ccc1N(C)C. The fraction of sp³-hybridized carbons (Fsp3) is 0.500. The third kappa shape index (κ3) is 2.94. The number of nitrogens with zero attached hydrogens (tertiary/aromatic N) is 1. The molecule has 0 saturated carbocycles. The van der Waals surface area contributed by atoms with Crippen LogP contribution in [0.1, 0.15) is 30.8 Å². The topological polar surface area (TPSA) is 43.7 Å². The van der Waals surface area contributed by atoms with E-state index in [-0.39, 0.29) is 0 Å². The standard InChI is InChI=1S/C12H19NO2/c1-4-5-9-8-10(12(14)15)6-7-11(9)13(2)3/h6-8,12,14-15H,4-5H2,1-3H3. The van der Waals surface area contributed by atoms with Crippen molar-refractivity contribution in [2.45, 2.75) is 26.1 Å². The maximum atomic E-state index is 9.09. The summed E-state index contributed by atoms with van der Waals surface area (Å²) in [6, 6.07) is 5.54. The van der Waals surface area contributed by atoms with E-state index >= 15 is 0 Å². The van der Waals surface area contributed by atoms with Gasteiger partial charge in [0.15, 0.2) is 6.29 Å². The molecule has 0 aromatic heterocycles. The van der Waals surface area contributed by atoms with E-state index in [0.29, 0.717) is 5.56 Å². The second-order valence-corrected chi connectivity index (χ2v) is 3.91. The number of aryl methyl sites for hydroxylation is 1. The van der Waals surface area contributed by atoms with Gasteiger partial charge in [0.05, 0.1) is 0 Å². The zero-order valence-electron chi connectivity index (χ0n) is 9.57. The van der Waals surface area contributed by atoms with Gasteiger partial charge in [-0.25, -0.2) is 0 Å². The van der Waals surface area contributed by atoms with Crippen molar-refractivity contribution in [1.29, 1.82) is 0 Å². The van der Waals surface area contributed by atoms with Crippen LogP contribution in [-0.2, 0) is 6.42 Å². The summed E-state index contributed by atoms with van der Waals surface area (Å²) in [7, 11) is 3.98. The zero-order valence-corrected chi connectivity index (χ0v) is 9.57. The molecular formula is C12H19NO2. The van der Waals surface area contributed by atoms with Gasteiger partial charge in [-0.3, -0.25) is 0 Å². The molecule has 0 aliphatic rings. The highest BCUT2D eigenvalue weighted by atomic mass is 16.5. The average Bonchev–Trinajstić information content (AvgIpc) is 2.17. The van der Waals surface area contributed by atoms with Crippen molar-refractivity contribution in [2.75, 3.05) is 19.0 Å². The Bertz CT molecular complexity index is 321. The highest BCUT2D eigenvalue weighted by Crippen LogP contribution is 2.23. The Morgan fingerprint density at radius 1 is 1.27 bits per heavy atom. The van der Waals surface area contributed by atoms with E-state index in [1.165, 1.54) is 0 Å². The molecule has 84 valence electrons. The highest BCUT2D eigenvalue weighted by Gasteiger charge is 2.08. The van der Waals surface area contributed by atoms with Gasteiger partial charge < -0.3 is 15.1 Å². The van der Waals surface area contributed by atoms with E-state index in [2.05, 4.69) is 6.92 Å². The van der Waals surface area contributed by atoms with E-state index < -0.39 is 6.29 Å². The first-order valence-electron chi connectivity index (χ1n) is 5.22. The molecule has 0 aliphatic heterocycles. The fourth-order valence-electron chi connectivity index (χ4n) is 1.67. The average molecular weight is 209 g/mol. The number of hydrogen-bond acceptors (Lipinski definition) is 3. The number of aliphatic hydroxyl groups is 2. The monoisotopic (exact) mass is 209 g/mol. The summed E-state index contributed by atoms with van der Waals surface area (Å²) >= 11 is 0. The van der Waals surface area contributed by atoms with Gasteiger partial charge in [-0.15, -0.1) is 0 Å². The van der Waals surface area contributed by atoms with Crippen LogP contribution in [0.15, 0.2) is 18.2 Å². The minimum atomic E-state index is -1.38. The van der Waals surface area contributed by atoms with Crippen molar-refractivity contribution in [1.82, 2.24) is 0 Å². The Labute approximate surface area is 91.0 Å². The molecule has 0 radical (unpaired) electrons. The summed E-state index contributed by atoms with van der Waals surface area (Å²) in [4.78, 5) is 2.04. The summed E-state index contributed by atoms with van der Waals surface area (Å²) in [6.07, 6.45) is 0.622. The first-order valence-corrected chi connectivity index (χ1v) is 5.22.